The maximum absolute atomic E-state index is 13.1. The monoisotopic (exact) mass is 486 g/mol. The summed E-state index contributed by atoms with van der Waals surface area (Å²) < 4.78 is 1.73. The van der Waals surface area contributed by atoms with Gasteiger partial charge in [-0.3, -0.25) is 14.2 Å². The van der Waals surface area contributed by atoms with Crippen molar-refractivity contribution in [1.82, 2.24) is 19.5 Å². The van der Waals surface area contributed by atoms with E-state index in [1.54, 1.807) is 27.2 Å². The van der Waals surface area contributed by atoms with Gasteiger partial charge in [-0.2, -0.15) is 0 Å². The van der Waals surface area contributed by atoms with Crippen LogP contribution < -0.4 is 11.1 Å². The maximum atomic E-state index is 13.1. The van der Waals surface area contributed by atoms with Gasteiger partial charge in [-0.05, 0) is 64.0 Å². The van der Waals surface area contributed by atoms with E-state index in [9.17, 15) is 9.59 Å². The van der Waals surface area contributed by atoms with E-state index in [1.807, 2.05) is 27.7 Å². The average molecular weight is 487 g/mol. The van der Waals surface area contributed by atoms with Crippen molar-refractivity contribution in [2.24, 2.45) is 5.92 Å². The maximum Gasteiger partial charge on any atom is 0.263 e. The first-order chi connectivity index (χ1) is 15.3. The quantitative estimate of drug-likeness (QED) is 0.310. The second-order valence-electron chi connectivity index (χ2n) is 8.65. The fraction of sp³-hybridized carbons (Fsp3) is 0.478. The number of hydrogen-bond donors (Lipinski definition) is 1. The molecular weight excluding hydrogens is 460 g/mol. The molecule has 0 amide bonds. The molecule has 0 saturated carbocycles. The number of aromatic nitrogens is 4. The van der Waals surface area contributed by atoms with Crippen LogP contribution in [0.4, 0.5) is 0 Å². The van der Waals surface area contributed by atoms with Gasteiger partial charge in [0.15, 0.2) is 5.16 Å². The van der Waals surface area contributed by atoms with E-state index in [1.165, 1.54) is 22.2 Å². The van der Waals surface area contributed by atoms with Crippen LogP contribution in [0.2, 0.25) is 0 Å². The van der Waals surface area contributed by atoms with Crippen LogP contribution >= 0.6 is 34.4 Å². The molecule has 0 fully saturated rings. The largest absolute Gasteiger partial charge is 0.309 e. The van der Waals surface area contributed by atoms with Gasteiger partial charge in [0.1, 0.15) is 15.5 Å². The van der Waals surface area contributed by atoms with Gasteiger partial charge in [-0.15, -0.1) is 22.7 Å². The number of thiophene rings is 2. The van der Waals surface area contributed by atoms with E-state index in [0.717, 1.165) is 50.1 Å². The summed E-state index contributed by atoms with van der Waals surface area (Å²) in [5.74, 6) is 1.29. The third-order valence-corrected chi connectivity index (χ3v) is 9.77. The average Bonchev–Trinajstić information content (AvgIpc) is 3.24. The summed E-state index contributed by atoms with van der Waals surface area (Å²) in [4.78, 5) is 42.9. The third kappa shape index (κ3) is 3.45. The van der Waals surface area contributed by atoms with E-state index >= 15 is 0 Å². The van der Waals surface area contributed by atoms with Crippen LogP contribution in [-0.2, 0) is 19.4 Å². The Labute approximate surface area is 198 Å². The molecule has 0 spiro atoms. The Bertz CT molecular complexity index is 1480. The van der Waals surface area contributed by atoms with Crippen LogP contribution in [-0.4, -0.2) is 19.5 Å². The van der Waals surface area contributed by atoms with Crippen molar-refractivity contribution < 1.29 is 0 Å². The van der Waals surface area contributed by atoms with Crippen LogP contribution in [0.5, 0.6) is 0 Å². The van der Waals surface area contributed by atoms with Crippen LogP contribution in [0.25, 0.3) is 20.4 Å². The number of aromatic amines is 1. The molecule has 4 heterocycles. The zero-order valence-corrected chi connectivity index (χ0v) is 21.3. The molecule has 0 aromatic carbocycles. The summed E-state index contributed by atoms with van der Waals surface area (Å²) in [7, 11) is 0. The standard InChI is InChI=1S/C23H26N4O2S3/c1-6-27-22(29)16-11(3)12(4)30-20(16)26-23(27)31-13(5)18-24-19(28)17-14-8-7-10(2)9-15(14)32-21(17)25-18/h10,13H,6-9H2,1-5H3,(H,24,25,28). The van der Waals surface area contributed by atoms with Gasteiger partial charge in [0.05, 0.1) is 16.0 Å². The van der Waals surface area contributed by atoms with Crippen LogP contribution in [0.15, 0.2) is 14.7 Å². The van der Waals surface area contributed by atoms with Crippen molar-refractivity contribution >= 4 is 54.9 Å². The molecule has 4 aromatic rings. The van der Waals surface area contributed by atoms with Crippen molar-refractivity contribution in [3.63, 3.8) is 0 Å². The van der Waals surface area contributed by atoms with Crippen molar-refractivity contribution in [2.75, 3.05) is 0 Å². The molecule has 5 rings (SSSR count). The molecule has 1 aliphatic carbocycles. The zero-order chi connectivity index (χ0) is 22.7. The lowest BCUT2D eigenvalue weighted by atomic mass is 9.89. The molecule has 4 aromatic heterocycles. The number of hydrogen-bond acceptors (Lipinski definition) is 7. The van der Waals surface area contributed by atoms with Gasteiger partial charge < -0.3 is 4.98 Å². The number of thioether (sulfide) groups is 1. The van der Waals surface area contributed by atoms with Gasteiger partial charge in [0.25, 0.3) is 11.1 Å². The summed E-state index contributed by atoms with van der Waals surface area (Å²) in [6.45, 7) is 10.8. The van der Waals surface area contributed by atoms with E-state index in [4.69, 9.17) is 9.97 Å². The van der Waals surface area contributed by atoms with E-state index in [0.29, 0.717) is 23.4 Å². The van der Waals surface area contributed by atoms with Crippen molar-refractivity contribution in [2.45, 2.75) is 70.8 Å². The summed E-state index contributed by atoms with van der Waals surface area (Å²) in [5.41, 5.74) is 2.16. The van der Waals surface area contributed by atoms with E-state index < -0.39 is 0 Å². The molecule has 0 aliphatic heterocycles. The highest BCUT2D eigenvalue weighted by Gasteiger charge is 2.25. The van der Waals surface area contributed by atoms with Crippen molar-refractivity contribution in [1.29, 1.82) is 0 Å². The normalized spacial score (nSPS) is 17.2. The SMILES string of the molecule is CCn1c(SC(C)c2nc3sc4c(c3c(=O)[nH]2)CCC(C)C4)nc2sc(C)c(C)c2c1=O. The Morgan fingerprint density at radius 3 is 2.69 bits per heavy atom. The minimum atomic E-state index is -0.144. The predicted octanol–water partition coefficient (Wildman–Crippen LogP) is 5.37. The summed E-state index contributed by atoms with van der Waals surface area (Å²) in [6, 6.07) is 0. The molecule has 32 heavy (non-hydrogen) atoms. The number of aryl methyl sites for hydroxylation is 3. The Morgan fingerprint density at radius 2 is 1.94 bits per heavy atom. The number of nitrogens with zero attached hydrogens (tertiary/aromatic N) is 3. The van der Waals surface area contributed by atoms with Crippen molar-refractivity contribution in [3.05, 3.63) is 47.4 Å². The zero-order valence-electron chi connectivity index (χ0n) is 18.9. The molecule has 2 atom stereocenters. The summed E-state index contributed by atoms with van der Waals surface area (Å²) in [5, 5.41) is 2.01. The molecule has 1 N–H and O–H groups in total. The molecule has 168 valence electrons. The lowest BCUT2D eigenvalue weighted by Crippen LogP contribution is -2.22. The second kappa shape index (κ2) is 8.11. The van der Waals surface area contributed by atoms with Gasteiger partial charge in [0.2, 0.25) is 0 Å². The molecule has 0 saturated heterocycles. The molecular formula is C23H26N4O2S3. The summed E-state index contributed by atoms with van der Waals surface area (Å²) in [6.07, 6.45) is 3.11. The van der Waals surface area contributed by atoms with Crippen LogP contribution in [0.3, 0.4) is 0 Å². The number of nitrogens with one attached hydrogen (secondary N) is 1. The van der Waals surface area contributed by atoms with E-state index in [2.05, 4.69) is 11.9 Å². The minimum Gasteiger partial charge on any atom is -0.309 e. The molecule has 0 radical (unpaired) electrons. The van der Waals surface area contributed by atoms with E-state index in [-0.39, 0.29) is 16.4 Å². The third-order valence-electron chi connectivity index (χ3n) is 6.42. The number of fused-ring (bicyclic) bond motifs is 4. The second-order valence-corrected chi connectivity index (χ2v) is 12.2. The predicted molar refractivity (Wildman–Crippen MR) is 135 cm³/mol. The topological polar surface area (TPSA) is 80.6 Å². The molecule has 1 aliphatic rings. The Kier molecular flexibility index (Phi) is 5.54. The molecule has 0 bridgehead atoms. The Morgan fingerprint density at radius 1 is 1.19 bits per heavy atom. The highest BCUT2D eigenvalue weighted by atomic mass is 32.2. The number of H-pyrrole nitrogens is 1. The fourth-order valence-electron chi connectivity index (χ4n) is 4.45. The van der Waals surface area contributed by atoms with Gasteiger partial charge in [0, 0.05) is 16.3 Å². The van der Waals surface area contributed by atoms with Gasteiger partial charge in [-0.1, -0.05) is 18.7 Å². The first kappa shape index (κ1) is 21.9. The lowest BCUT2D eigenvalue weighted by Gasteiger charge is -2.17. The smallest absolute Gasteiger partial charge is 0.263 e. The lowest BCUT2D eigenvalue weighted by molar-refractivity contribution is 0.509. The molecule has 9 heteroatoms. The Hall–Kier alpha value is -1.97. The summed E-state index contributed by atoms with van der Waals surface area (Å²) >= 11 is 4.70. The first-order valence-corrected chi connectivity index (χ1v) is 13.5. The fourth-order valence-corrected chi connectivity index (χ4v) is 7.94. The highest BCUT2D eigenvalue weighted by Crippen LogP contribution is 2.38. The van der Waals surface area contributed by atoms with Crippen LogP contribution in [0.1, 0.15) is 59.1 Å². The first-order valence-electron chi connectivity index (χ1n) is 11.0. The van der Waals surface area contributed by atoms with Crippen LogP contribution in [0, 0.1) is 19.8 Å². The molecule has 2 unspecified atom stereocenters. The Balaban J connectivity index is 1.55. The van der Waals surface area contributed by atoms with Crippen molar-refractivity contribution in [3.8, 4) is 0 Å². The number of rotatable bonds is 4. The van der Waals surface area contributed by atoms with Gasteiger partial charge >= 0.3 is 0 Å². The minimum absolute atomic E-state index is 0.00556. The molecule has 6 nitrogen and oxygen atoms in total. The van der Waals surface area contributed by atoms with Gasteiger partial charge in [-0.25, -0.2) is 9.97 Å². The highest BCUT2D eigenvalue weighted by molar-refractivity contribution is 7.99.